The topological polar surface area (TPSA) is 63.4 Å². The van der Waals surface area contributed by atoms with Crippen LogP contribution in [0.3, 0.4) is 0 Å². The van der Waals surface area contributed by atoms with Gasteiger partial charge in [0, 0.05) is 12.0 Å². The van der Waals surface area contributed by atoms with Gasteiger partial charge in [-0.3, -0.25) is 0 Å². The van der Waals surface area contributed by atoms with Crippen LogP contribution in [-0.2, 0) is 10.0 Å². The fourth-order valence-electron chi connectivity index (χ4n) is 1.67. The molecule has 0 saturated carbocycles. The molecular formula is C10H16F2N2O2S. The van der Waals surface area contributed by atoms with Gasteiger partial charge in [-0.25, -0.2) is 22.3 Å². The van der Waals surface area contributed by atoms with Crippen molar-refractivity contribution in [1.29, 1.82) is 0 Å². The Balaban J connectivity index is 3.01. The molecule has 0 spiro atoms. The van der Waals surface area contributed by atoms with E-state index < -0.39 is 26.8 Å². The third kappa shape index (κ3) is 3.11. The van der Waals surface area contributed by atoms with Crippen molar-refractivity contribution < 1.29 is 17.2 Å². The van der Waals surface area contributed by atoms with Gasteiger partial charge in [-0.15, -0.1) is 0 Å². The minimum absolute atomic E-state index is 0.236. The predicted octanol–water partition coefficient (Wildman–Crippen LogP) is 0.932. The lowest BCUT2D eigenvalue weighted by atomic mass is 9.94. The quantitative estimate of drug-likeness (QED) is 0.823. The summed E-state index contributed by atoms with van der Waals surface area (Å²) in [5, 5.41) is 1.98. The Morgan fingerprint density at radius 3 is 2.59 bits per heavy atom. The molecule has 4 nitrogen and oxygen atoms in total. The van der Waals surface area contributed by atoms with Crippen molar-refractivity contribution in [2.24, 2.45) is 11.1 Å². The first kappa shape index (κ1) is 14.3. The average Bonchev–Trinajstić information content (AvgIpc) is 2.14. The van der Waals surface area contributed by atoms with Crippen LogP contribution in [0.2, 0.25) is 0 Å². The zero-order chi connectivity index (χ0) is 13.3. The van der Waals surface area contributed by atoms with E-state index in [2.05, 4.69) is 0 Å². The summed E-state index contributed by atoms with van der Waals surface area (Å²) in [7, 11) is -0.953. The highest BCUT2D eigenvalue weighted by Crippen LogP contribution is 2.37. The summed E-state index contributed by atoms with van der Waals surface area (Å²) in [4.78, 5) is 1.78. The molecule has 1 unspecified atom stereocenters. The lowest BCUT2D eigenvalue weighted by Crippen LogP contribution is -2.45. The maximum Gasteiger partial charge on any atom is 0.251 e. The molecule has 1 rings (SSSR count). The van der Waals surface area contributed by atoms with Gasteiger partial charge >= 0.3 is 0 Å². The number of hydrogen-bond donors (Lipinski definition) is 1. The molecule has 7 heteroatoms. The van der Waals surface area contributed by atoms with Gasteiger partial charge in [0.25, 0.3) is 5.00 Å². The highest BCUT2D eigenvalue weighted by Gasteiger charge is 2.48. The molecular weight excluding hydrogens is 250 g/mol. The van der Waals surface area contributed by atoms with Gasteiger partial charge in [-0.05, 0) is 33.1 Å². The number of rotatable bonds is 4. The standard InChI is InChI=1S/C10H16F2N2O2S/c1-14(2)6-5-8-3-4-9(11)7-10(8,12)17(13,15)16/h3-4,7-8H,5-6H2,1-2H3,(H2,13,15,16)/t8-,10?/m0/s1. The lowest BCUT2D eigenvalue weighted by Gasteiger charge is -2.30. The third-order valence-corrected chi connectivity index (χ3v) is 3.94. The third-order valence-electron chi connectivity index (χ3n) is 2.65. The minimum atomic E-state index is -4.51. The van der Waals surface area contributed by atoms with E-state index >= 15 is 0 Å². The lowest BCUT2D eigenvalue weighted by molar-refractivity contribution is 0.227. The normalized spacial score (nSPS) is 29.5. The van der Waals surface area contributed by atoms with Crippen molar-refractivity contribution in [2.45, 2.75) is 11.4 Å². The molecule has 0 radical (unpaired) electrons. The summed E-state index contributed by atoms with van der Waals surface area (Å²) in [5.74, 6) is -1.90. The molecule has 0 saturated heterocycles. The van der Waals surface area contributed by atoms with Crippen LogP contribution in [-0.4, -0.2) is 39.0 Å². The largest absolute Gasteiger partial charge is 0.309 e. The second-order valence-corrected chi connectivity index (χ2v) is 6.05. The van der Waals surface area contributed by atoms with Crippen molar-refractivity contribution in [3.63, 3.8) is 0 Å². The first-order chi connectivity index (χ1) is 7.67. The van der Waals surface area contributed by atoms with E-state index in [4.69, 9.17) is 5.14 Å². The summed E-state index contributed by atoms with van der Waals surface area (Å²) in [6.07, 6.45) is 2.94. The Morgan fingerprint density at radius 1 is 1.53 bits per heavy atom. The van der Waals surface area contributed by atoms with E-state index in [1.807, 2.05) is 0 Å². The monoisotopic (exact) mass is 266 g/mol. The van der Waals surface area contributed by atoms with Gasteiger partial charge in [0.1, 0.15) is 5.83 Å². The van der Waals surface area contributed by atoms with Crippen LogP contribution in [0.1, 0.15) is 6.42 Å². The van der Waals surface area contributed by atoms with Gasteiger partial charge in [-0.2, -0.15) is 0 Å². The molecule has 2 atom stereocenters. The number of alkyl halides is 1. The molecule has 1 aliphatic rings. The number of sulfonamides is 1. The molecule has 0 aromatic carbocycles. The summed E-state index contributed by atoms with van der Waals surface area (Å²) >= 11 is 0. The number of halogens is 2. The molecule has 0 bridgehead atoms. The maximum absolute atomic E-state index is 14.3. The van der Waals surface area contributed by atoms with E-state index in [-0.39, 0.29) is 6.42 Å². The molecule has 0 aliphatic heterocycles. The van der Waals surface area contributed by atoms with E-state index in [9.17, 15) is 17.2 Å². The van der Waals surface area contributed by atoms with Crippen molar-refractivity contribution >= 4 is 10.0 Å². The van der Waals surface area contributed by atoms with Gasteiger partial charge in [-0.1, -0.05) is 6.08 Å². The van der Waals surface area contributed by atoms with Crippen LogP contribution < -0.4 is 5.14 Å². The van der Waals surface area contributed by atoms with E-state index in [0.717, 1.165) is 6.08 Å². The van der Waals surface area contributed by atoms with Crippen LogP contribution in [0.25, 0.3) is 0 Å². The van der Waals surface area contributed by atoms with Crippen molar-refractivity contribution in [2.75, 3.05) is 20.6 Å². The van der Waals surface area contributed by atoms with Crippen LogP contribution in [0, 0.1) is 5.92 Å². The van der Waals surface area contributed by atoms with E-state index in [0.29, 0.717) is 12.6 Å². The fourth-order valence-corrected chi connectivity index (χ4v) is 2.56. The number of nitrogens with two attached hydrogens (primary N) is 1. The Morgan fingerprint density at radius 2 is 2.12 bits per heavy atom. The van der Waals surface area contributed by atoms with Crippen LogP contribution in [0.4, 0.5) is 8.78 Å². The van der Waals surface area contributed by atoms with Crippen LogP contribution >= 0.6 is 0 Å². The molecule has 0 fully saturated rings. The van der Waals surface area contributed by atoms with E-state index in [1.165, 1.54) is 6.08 Å². The van der Waals surface area contributed by atoms with Crippen molar-refractivity contribution in [3.05, 3.63) is 24.1 Å². The fraction of sp³-hybridized carbons (Fsp3) is 0.600. The Hall–Kier alpha value is -0.790. The molecule has 1 aliphatic carbocycles. The van der Waals surface area contributed by atoms with Crippen molar-refractivity contribution in [1.82, 2.24) is 4.90 Å². The highest BCUT2D eigenvalue weighted by atomic mass is 32.2. The Bertz CT molecular complexity index is 445. The molecule has 17 heavy (non-hydrogen) atoms. The van der Waals surface area contributed by atoms with Gasteiger partial charge < -0.3 is 4.90 Å². The zero-order valence-corrected chi connectivity index (χ0v) is 10.5. The molecule has 0 aromatic rings. The molecule has 2 N–H and O–H groups in total. The number of primary sulfonamides is 1. The summed E-state index contributed by atoms with van der Waals surface area (Å²) < 4.78 is 49.8. The number of allylic oxidation sites excluding steroid dienone is 3. The van der Waals surface area contributed by atoms with Crippen LogP contribution in [0.15, 0.2) is 24.1 Å². The number of hydrogen-bond acceptors (Lipinski definition) is 3. The second-order valence-electron chi connectivity index (χ2n) is 4.33. The summed E-state index contributed by atoms with van der Waals surface area (Å²) in [6.45, 7) is 0.478. The molecule has 0 amide bonds. The smallest absolute Gasteiger partial charge is 0.251 e. The zero-order valence-electron chi connectivity index (χ0n) is 9.73. The summed E-state index contributed by atoms with van der Waals surface area (Å²) in [6, 6.07) is 0. The molecule has 0 aromatic heterocycles. The van der Waals surface area contributed by atoms with Crippen LogP contribution in [0.5, 0.6) is 0 Å². The average molecular weight is 266 g/mol. The SMILES string of the molecule is CN(C)CC[C@@H]1C=CC(F)=CC1(F)S(N)(=O)=O. The molecule has 0 heterocycles. The van der Waals surface area contributed by atoms with Gasteiger partial charge in [0.2, 0.25) is 10.0 Å². The van der Waals surface area contributed by atoms with Crippen molar-refractivity contribution in [3.8, 4) is 0 Å². The first-order valence-corrected chi connectivity index (χ1v) is 6.64. The molecule has 98 valence electrons. The maximum atomic E-state index is 14.3. The Kier molecular flexibility index (Phi) is 4.06. The van der Waals surface area contributed by atoms with E-state index in [1.54, 1.807) is 19.0 Å². The van der Waals surface area contributed by atoms with Gasteiger partial charge in [0.05, 0.1) is 0 Å². The predicted molar refractivity (Wildman–Crippen MR) is 61.9 cm³/mol. The first-order valence-electron chi connectivity index (χ1n) is 5.09. The van der Waals surface area contributed by atoms with Gasteiger partial charge in [0.15, 0.2) is 0 Å². The Labute approximate surface area is 99.8 Å². The minimum Gasteiger partial charge on any atom is -0.309 e. The summed E-state index contributed by atoms with van der Waals surface area (Å²) in [5.41, 5.74) is 0. The highest BCUT2D eigenvalue weighted by molar-refractivity contribution is 7.90. The second kappa shape index (κ2) is 4.83. The number of nitrogens with zero attached hydrogens (tertiary/aromatic N) is 1.